The Morgan fingerprint density at radius 1 is 1.22 bits per heavy atom. The maximum absolute atomic E-state index is 4.39. The van der Waals surface area contributed by atoms with Crippen molar-refractivity contribution < 1.29 is 0 Å². The third-order valence-electron chi connectivity index (χ3n) is 3.10. The summed E-state index contributed by atoms with van der Waals surface area (Å²) in [5, 5.41) is 4.61. The molecule has 18 heavy (non-hydrogen) atoms. The van der Waals surface area contributed by atoms with E-state index < -0.39 is 0 Å². The zero-order chi connectivity index (χ0) is 12.8. The Hall–Kier alpha value is -1.67. The summed E-state index contributed by atoms with van der Waals surface area (Å²) >= 11 is 0. The molecule has 0 aliphatic rings. The number of hydrogen-bond acceptors (Lipinski definition) is 2. The Morgan fingerprint density at radius 3 is 2.83 bits per heavy atom. The van der Waals surface area contributed by atoms with E-state index in [-0.39, 0.29) is 0 Å². The van der Waals surface area contributed by atoms with Gasteiger partial charge in [0.2, 0.25) is 0 Å². The van der Waals surface area contributed by atoms with Crippen LogP contribution in [-0.2, 0) is 0 Å². The minimum Gasteiger partial charge on any atom is -0.313 e. The Balaban J connectivity index is 2.37. The minimum atomic E-state index is 0.962. The van der Waals surface area contributed by atoms with Gasteiger partial charge in [-0.2, -0.15) is 0 Å². The predicted octanol–water partition coefficient (Wildman–Crippen LogP) is 3.64. The first-order valence-electron chi connectivity index (χ1n) is 6.59. The van der Waals surface area contributed by atoms with E-state index in [4.69, 9.17) is 0 Å². The summed E-state index contributed by atoms with van der Waals surface area (Å²) in [6, 6.07) is 10.4. The summed E-state index contributed by atoms with van der Waals surface area (Å²) in [6.45, 7) is 6.31. The largest absolute Gasteiger partial charge is 0.313 e. The third-order valence-corrected chi connectivity index (χ3v) is 3.10. The highest BCUT2D eigenvalue weighted by Crippen LogP contribution is 2.19. The van der Waals surface area contributed by atoms with Crippen molar-refractivity contribution in [2.24, 2.45) is 0 Å². The van der Waals surface area contributed by atoms with Gasteiger partial charge in [-0.25, -0.2) is 0 Å². The number of benzene rings is 1. The van der Waals surface area contributed by atoms with Gasteiger partial charge in [0, 0.05) is 18.1 Å². The zero-order valence-electron chi connectivity index (χ0n) is 11.1. The molecule has 0 bridgehead atoms. The molecular formula is C16H20N2. The maximum Gasteiger partial charge on any atom is 0.0707 e. The van der Waals surface area contributed by atoms with E-state index in [0.717, 1.165) is 25.0 Å². The lowest BCUT2D eigenvalue weighted by molar-refractivity contribution is 0.762. The summed E-state index contributed by atoms with van der Waals surface area (Å²) in [7, 11) is 0. The number of rotatable bonds is 5. The van der Waals surface area contributed by atoms with Gasteiger partial charge in [-0.15, -0.1) is 0 Å². The fourth-order valence-electron chi connectivity index (χ4n) is 2.03. The first kappa shape index (κ1) is 12.8. The van der Waals surface area contributed by atoms with Crippen LogP contribution in [0.1, 0.15) is 25.8 Å². The van der Waals surface area contributed by atoms with Gasteiger partial charge in [-0.05, 0) is 30.7 Å². The van der Waals surface area contributed by atoms with E-state index >= 15 is 0 Å². The second kappa shape index (κ2) is 6.31. The van der Waals surface area contributed by atoms with Gasteiger partial charge in [-0.3, -0.25) is 4.98 Å². The number of likely N-dealkylation sites (N-methyl/N-ethyl adjacent to an activating group) is 1. The molecule has 1 aromatic heterocycles. The molecule has 2 rings (SSSR count). The van der Waals surface area contributed by atoms with Gasteiger partial charge in [0.1, 0.15) is 0 Å². The Labute approximate surface area is 109 Å². The number of hydrogen-bond donors (Lipinski definition) is 1. The van der Waals surface area contributed by atoms with Crippen LogP contribution in [0.15, 0.2) is 42.1 Å². The zero-order valence-corrected chi connectivity index (χ0v) is 11.1. The lowest BCUT2D eigenvalue weighted by Gasteiger charge is -2.07. The lowest BCUT2D eigenvalue weighted by Crippen LogP contribution is -2.15. The summed E-state index contributed by atoms with van der Waals surface area (Å²) in [5.41, 5.74) is 3.74. The molecule has 0 spiro atoms. The van der Waals surface area contributed by atoms with Crippen LogP contribution in [0, 0.1) is 0 Å². The standard InChI is InChI=1S/C16H20N2/c1-3-13(12-17-4-2)11-14-9-10-18-16-8-6-5-7-15(14)16/h5-11,17H,3-4,12H2,1-2H3. The molecule has 0 aliphatic carbocycles. The van der Waals surface area contributed by atoms with Crippen LogP contribution < -0.4 is 5.32 Å². The molecule has 1 N–H and O–H groups in total. The summed E-state index contributed by atoms with van der Waals surface area (Å²) < 4.78 is 0. The molecule has 0 unspecified atom stereocenters. The summed E-state index contributed by atoms with van der Waals surface area (Å²) in [5.74, 6) is 0. The van der Waals surface area contributed by atoms with Crippen LogP contribution in [0.5, 0.6) is 0 Å². The molecule has 0 saturated carbocycles. The molecule has 0 fully saturated rings. The van der Waals surface area contributed by atoms with Gasteiger partial charge < -0.3 is 5.32 Å². The van der Waals surface area contributed by atoms with Crippen LogP contribution in [0.4, 0.5) is 0 Å². The topological polar surface area (TPSA) is 24.9 Å². The Bertz CT molecular complexity index is 538. The second-order valence-corrected chi connectivity index (χ2v) is 4.35. The number of fused-ring (bicyclic) bond motifs is 1. The van der Waals surface area contributed by atoms with Crippen LogP contribution >= 0.6 is 0 Å². The van der Waals surface area contributed by atoms with Gasteiger partial charge in [0.25, 0.3) is 0 Å². The van der Waals surface area contributed by atoms with Gasteiger partial charge in [0.15, 0.2) is 0 Å². The van der Waals surface area contributed by atoms with Crippen molar-refractivity contribution in [2.75, 3.05) is 13.1 Å². The van der Waals surface area contributed by atoms with E-state index in [1.807, 2.05) is 12.3 Å². The number of pyridine rings is 1. The molecule has 1 aromatic carbocycles. The van der Waals surface area contributed by atoms with Crippen LogP contribution in [0.25, 0.3) is 17.0 Å². The van der Waals surface area contributed by atoms with E-state index in [1.54, 1.807) is 0 Å². The molecule has 0 atom stereocenters. The molecule has 2 nitrogen and oxygen atoms in total. The molecule has 1 heterocycles. The SMILES string of the molecule is CCNCC(=Cc1ccnc2ccccc12)CC. The highest BCUT2D eigenvalue weighted by atomic mass is 14.8. The molecule has 2 aromatic rings. The van der Waals surface area contributed by atoms with E-state index in [0.29, 0.717) is 0 Å². The van der Waals surface area contributed by atoms with Gasteiger partial charge in [-0.1, -0.05) is 43.7 Å². The Kier molecular flexibility index (Phi) is 4.48. The third kappa shape index (κ3) is 2.96. The highest BCUT2D eigenvalue weighted by molar-refractivity contribution is 5.87. The first-order chi connectivity index (χ1) is 8.85. The fourth-order valence-corrected chi connectivity index (χ4v) is 2.03. The monoisotopic (exact) mass is 240 g/mol. The molecule has 94 valence electrons. The number of aromatic nitrogens is 1. The first-order valence-corrected chi connectivity index (χ1v) is 6.59. The molecular weight excluding hydrogens is 220 g/mol. The summed E-state index contributed by atoms with van der Waals surface area (Å²) in [6.07, 6.45) is 5.24. The average molecular weight is 240 g/mol. The average Bonchev–Trinajstić information content (AvgIpc) is 2.43. The van der Waals surface area contributed by atoms with Crippen molar-refractivity contribution in [1.29, 1.82) is 0 Å². The molecule has 2 heteroatoms. The number of nitrogens with zero attached hydrogens (tertiary/aromatic N) is 1. The molecule has 0 saturated heterocycles. The second-order valence-electron chi connectivity index (χ2n) is 4.35. The highest BCUT2D eigenvalue weighted by Gasteiger charge is 2.00. The number of para-hydroxylation sites is 1. The minimum absolute atomic E-state index is 0.962. The van der Waals surface area contributed by atoms with Crippen molar-refractivity contribution in [1.82, 2.24) is 10.3 Å². The van der Waals surface area contributed by atoms with Crippen molar-refractivity contribution in [2.45, 2.75) is 20.3 Å². The van der Waals surface area contributed by atoms with Gasteiger partial charge in [0.05, 0.1) is 5.52 Å². The van der Waals surface area contributed by atoms with Crippen molar-refractivity contribution in [3.63, 3.8) is 0 Å². The number of nitrogens with one attached hydrogen (secondary N) is 1. The predicted molar refractivity (Wildman–Crippen MR) is 78.6 cm³/mol. The lowest BCUT2D eigenvalue weighted by atomic mass is 10.0. The summed E-state index contributed by atoms with van der Waals surface area (Å²) in [4.78, 5) is 4.39. The van der Waals surface area contributed by atoms with Crippen molar-refractivity contribution in [3.05, 3.63) is 47.7 Å². The van der Waals surface area contributed by atoms with Crippen LogP contribution in [-0.4, -0.2) is 18.1 Å². The van der Waals surface area contributed by atoms with Crippen molar-refractivity contribution >= 4 is 17.0 Å². The van der Waals surface area contributed by atoms with Crippen molar-refractivity contribution in [3.8, 4) is 0 Å². The molecule has 0 amide bonds. The molecule has 0 aliphatic heterocycles. The van der Waals surface area contributed by atoms with Gasteiger partial charge >= 0.3 is 0 Å². The fraction of sp³-hybridized carbons (Fsp3) is 0.312. The smallest absolute Gasteiger partial charge is 0.0707 e. The normalized spacial score (nSPS) is 12.0. The molecule has 0 radical (unpaired) electrons. The van der Waals surface area contributed by atoms with Crippen LogP contribution in [0.2, 0.25) is 0 Å². The Morgan fingerprint density at radius 2 is 2.06 bits per heavy atom. The van der Waals surface area contributed by atoms with E-state index in [2.05, 4.69) is 54.5 Å². The van der Waals surface area contributed by atoms with E-state index in [9.17, 15) is 0 Å². The van der Waals surface area contributed by atoms with E-state index in [1.165, 1.54) is 16.5 Å². The quantitative estimate of drug-likeness (QED) is 0.863. The van der Waals surface area contributed by atoms with Crippen LogP contribution in [0.3, 0.4) is 0 Å². The maximum atomic E-state index is 4.39.